The van der Waals surface area contributed by atoms with Gasteiger partial charge >= 0.3 is 6.03 Å². The van der Waals surface area contributed by atoms with E-state index in [9.17, 15) is 4.79 Å². The summed E-state index contributed by atoms with van der Waals surface area (Å²) in [6.45, 7) is 0. The summed E-state index contributed by atoms with van der Waals surface area (Å²) in [4.78, 5) is 12.3. The van der Waals surface area contributed by atoms with Crippen molar-refractivity contribution in [3.8, 4) is 11.5 Å². The third kappa shape index (κ3) is 3.97. The Labute approximate surface area is 157 Å². The second-order valence-corrected chi connectivity index (χ2v) is 6.62. The number of urea groups is 1. The first-order valence-electron chi connectivity index (χ1n) is 9.08. The topological polar surface area (TPSA) is 88.3 Å². The largest absolute Gasteiger partial charge is 0.497 e. The van der Waals surface area contributed by atoms with E-state index in [4.69, 9.17) is 9.47 Å². The van der Waals surface area contributed by atoms with E-state index in [2.05, 4.69) is 20.8 Å². The number of carbonyl (C=O) groups excluding carboxylic acids is 1. The van der Waals surface area contributed by atoms with E-state index in [0.29, 0.717) is 17.3 Å². The molecule has 0 atom stereocenters. The molecule has 4 rings (SSSR count). The molecule has 1 aromatic heterocycles. The summed E-state index contributed by atoms with van der Waals surface area (Å²) < 4.78 is 11.2. The van der Waals surface area contributed by atoms with Crippen molar-refractivity contribution in [1.29, 1.82) is 0 Å². The highest BCUT2D eigenvalue weighted by Crippen LogP contribution is 2.29. The van der Waals surface area contributed by atoms with Gasteiger partial charge < -0.3 is 14.8 Å². The van der Waals surface area contributed by atoms with Crippen LogP contribution in [0.2, 0.25) is 0 Å². The molecule has 1 saturated carbocycles. The van der Waals surface area contributed by atoms with Crippen molar-refractivity contribution in [2.24, 2.45) is 0 Å². The number of hydrogen-bond donors (Lipinski definition) is 3. The molecule has 0 radical (unpaired) electrons. The quantitative estimate of drug-likeness (QED) is 0.619. The molecule has 1 aliphatic carbocycles. The van der Waals surface area contributed by atoms with Crippen LogP contribution in [0.15, 0.2) is 42.5 Å². The second-order valence-electron chi connectivity index (χ2n) is 6.62. The molecule has 0 aliphatic heterocycles. The number of H-pyrrole nitrogens is 1. The molecule has 2 aromatic carbocycles. The molecule has 140 valence electrons. The Hall–Kier alpha value is -3.22. The summed E-state index contributed by atoms with van der Waals surface area (Å²) in [5.74, 6) is 1.93. The highest BCUT2D eigenvalue weighted by Gasteiger charge is 2.17. The predicted molar refractivity (Wildman–Crippen MR) is 105 cm³/mol. The lowest BCUT2D eigenvalue weighted by molar-refractivity contribution is 0.210. The van der Waals surface area contributed by atoms with Gasteiger partial charge in [-0.3, -0.25) is 10.4 Å². The number of aromatic amines is 1. The number of carbonyl (C=O) groups is 1. The van der Waals surface area contributed by atoms with Gasteiger partial charge in [0.15, 0.2) is 5.82 Å². The molecule has 3 aromatic rings. The van der Waals surface area contributed by atoms with E-state index < -0.39 is 0 Å². The van der Waals surface area contributed by atoms with E-state index in [-0.39, 0.29) is 12.1 Å². The SMILES string of the molecule is COc1cccc(NC(=O)Nc2n[nH]c3ccc(OC4CCCC4)cc23)c1. The average molecular weight is 366 g/mol. The van der Waals surface area contributed by atoms with Gasteiger partial charge in [-0.1, -0.05) is 6.07 Å². The maximum atomic E-state index is 12.3. The zero-order valence-corrected chi connectivity index (χ0v) is 15.1. The lowest BCUT2D eigenvalue weighted by Crippen LogP contribution is -2.19. The Bertz CT molecular complexity index is 947. The number of ether oxygens (including phenoxy) is 2. The number of amides is 2. The first-order chi connectivity index (χ1) is 13.2. The Kier molecular flexibility index (Phi) is 4.82. The molecule has 0 unspecified atom stereocenters. The van der Waals surface area contributed by atoms with Crippen molar-refractivity contribution >= 4 is 28.4 Å². The van der Waals surface area contributed by atoms with Gasteiger partial charge in [0.1, 0.15) is 11.5 Å². The van der Waals surface area contributed by atoms with E-state index >= 15 is 0 Å². The highest BCUT2D eigenvalue weighted by molar-refractivity contribution is 6.04. The van der Waals surface area contributed by atoms with Crippen LogP contribution in [-0.4, -0.2) is 29.4 Å². The molecule has 7 heteroatoms. The number of fused-ring (bicyclic) bond motifs is 1. The summed E-state index contributed by atoms with van der Waals surface area (Å²) in [7, 11) is 1.58. The molecular formula is C20H22N4O3. The molecule has 7 nitrogen and oxygen atoms in total. The first kappa shape index (κ1) is 17.2. The molecular weight excluding hydrogens is 344 g/mol. The molecule has 1 aliphatic rings. The minimum absolute atomic E-state index is 0.280. The van der Waals surface area contributed by atoms with Crippen LogP contribution in [-0.2, 0) is 0 Å². The van der Waals surface area contributed by atoms with Crippen molar-refractivity contribution in [2.75, 3.05) is 17.7 Å². The van der Waals surface area contributed by atoms with Crippen LogP contribution in [0.4, 0.5) is 16.3 Å². The summed E-state index contributed by atoms with van der Waals surface area (Å²) in [5.41, 5.74) is 1.47. The number of nitrogens with one attached hydrogen (secondary N) is 3. The van der Waals surface area contributed by atoms with Crippen LogP contribution in [0, 0.1) is 0 Å². The van der Waals surface area contributed by atoms with Crippen molar-refractivity contribution in [2.45, 2.75) is 31.8 Å². The Morgan fingerprint density at radius 1 is 1.11 bits per heavy atom. The fraction of sp³-hybridized carbons (Fsp3) is 0.300. The molecule has 0 spiro atoms. The Balaban J connectivity index is 1.48. The van der Waals surface area contributed by atoms with Crippen LogP contribution >= 0.6 is 0 Å². The number of nitrogens with zero attached hydrogens (tertiary/aromatic N) is 1. The summed E-state index contributed by atoms with van der Waals surface area (Å²) in [6, 6.07) is 12.5. The summed E-state index contributed by atoms with van der Waals surface area (Å²) in [5, 5.41) is 13.5. The van der Waals surface area contributed by atoms with Crippen molar-refractivity contribution < 1.29 is 14.3 Å². The highest BCUT2D eigenvalue weighted by atomic mass is 16.5. The summed E-state index contributed by atoms with van der Waals surface area (Å²) >= 11 is 0. The fourth-order valence-electron chi connectivity index (χ4n) is 3.33. The molecule has 2 amide bonds. The molecule has 0 saturated heterocycles. The molecule has 27 heavy (non-hydrogen) atoms. The van der Waals surface area contributed by atoms with Gasteiger partial charge in [0.2, 0.25) is 0 Å². The third-order valence-electron chi connectivity index (χ3n) is 4.70. The van der Waals surface area contributed by atoms with Crippen molar-refractivity contribution in [3.05, 3.63) is 42.5 Å². The lowest BCUT2D eigenvalue weighted by Gasteiger charge is -2.13. The average Bonchev–Trinajstić information content (AvgIpc) is 3.32. The Morgan fingerprint density at radius 2 is 1.96 bits per heavy atom. The minimum Gasteiger partial charge on any atom is -0.497 e. The molecule has 1 fully saturated rings. The van der Waals surface area contributed by atoms with Gasteiger partial charge in [0, 0.05) is 17.1 Å². The number of hydrogen-bond acceptors (Lipinski definition) is 4. The fourth-order valence-corrected chi connectivity index (χ4v) is 3.33. The van der Waals surface area contributed by atoms with E-state index in [1.807, 2.05) is 30.3 Å². The van der Waals surface area contributed by atoms with Gasteiger partial charge in [0.25, 0.3) is 0 Å². The van der Waals surface area contributed by atoms with Gasteiger partial charge in [-0.25, -0.2) is 4.79 Å². The van der Waals surface area contributed by atoms with Gasteiger partial charge in [0.05, 0.1) is 18.7 Å². The number of methoxy groups -OCH3 is 1. The van der Waals surface area contributed by atoms with E-state index in [1.165, 1.54) is 12.8 Å². The maximum Gasteiger partial charge on any atom is 0.324 e. The van der Waals surface area contributed by atoms with E-state index in [0.717, 1.165) is 29.5 Å². The van der Waals surface area contributed by atoms with Crippen molar-refractivity contribution in [3.63, 3.8) is 0 Å². The second kappa shape index (κ2) is 7.57. The van der Waals surface area contributed by atoms with Crippen LogP contribution in [0.25, 0.3) is 10.9 Å². The van der Waals surface area contributed by atoms with Gasteiger partial charge in [-0.05, 0) is 56.0 Å². The number of aromatic nitrogens is 2. The monoisotopic (exact) mass is 366 g/mol. The molecule has 3 N–H and O–H groups in total. The first-order valence-corrected chi connectivity index (χ1v) is 9.08. The minimum atomic E-state index is -0.376. The van der Waals surface area contributed by atoms with Crippen LogP contribution in [0.5, 0.6) is 11.5 Å². The van der Waals surface area contributed by atoms with Gasteiger partial charge in [-0.15, -0.1) is 0 Å². The zero-order valence-electron chi connectivity index (χ0n) is 15.1. The number of rotatable bonds is 5. The van der Waals surface area contributed by atoms with Crippen molar-refractivity contribution in [1.82, 2.24) is 10.2 Å². The summed E-state index contributed by atoms with van der Waals surface area (Å²) in [6.07, 6.45) is 4.91. The number of anilines is 2. The lowest BCUT2D eigenvalue weighted by atomic mass is 10.2. The maximum absolute atomic E-state index is 12.3. The van der Waals surface area contributed by atoms with E-state index in [1.54, 1.807) is 19.2 Å². The van der Waals surface area contributed by atoms with Crippen LogP contribution in [0.1, 0.15) is 25.7 Å². The number of benzene rings is 2. The Morgan fingerprint density at radius 3 is 2.78 bits per heavy atom. The normalized spacial score (nSPS) is 14.3. The standard InChI is InChI=1S/C20H22N4O3/c1-26-15-8-4-5-13(11-15)21-20(25)22-19-17-12-16(9-10-18(17)23-24-19)27-14-6-2-3-7-14/h4-5,8-12,14H,2-3,6-7H2,1H3,(H3,21,22,23,24,25). The third-order valence-corrected chi connectivity index (χ3v) is 4.70. The predicted octanol–water partition coefficient (Wildman–Crippen LogP) is 4.54. The molecule has 0 bridgehead atoms. The smallest absolute Gasteiger partial charge is 0.324 e. The van der Waals surface area contributed by atoms with Crippen LogP contribution < -0.4 is 20.1 Å². The molecule has 1 heterocycles. The zero-order chi connectivity index (χ0) is 18.6. The van der Waals surface area contributed by atoms with Crippen LogP contribution in [0.3, 0.4) is 0 Å². The van der Waals surface area contributed by atoms with Gasteiger partial charge in [-0.2, -0.15) is 5.10 Å².